The molecule has 1 N–H and O–H groups in total. The molecule has 0 unspecified atom stereocenters. The van der Waals surface area contributed by atoms with E-state index in [2.05, 4.69) is 43.0 Å². The summed E-state index contributed by atoms with van der Waals surface area (Å²) in [7, 11) is 0. The Morgan fingerprint density at radius 2 is 2.04 bits per heavy atom. The third kappa shape index (κ3) is 3.78. The number of hydrogen-bond donors (Lipinski definition) is 1. The van der Waals surface area contributed by atoms with E-state index in [4.69, 9.17) is 9.72 Å². The second-order valence-corrected chi connectivity index (χ2v) is 8.88. The lowest BCUT2D eigenvalue weighted by Crippen LogP contribution is -2.55. The number of carbonyl (C=O) groups is 1. The summed E-state index contributed by atoms with van der Waals surface area (Å²) < 4.78 is 7.37. The fraction of sp³-hybridized carbons (Fsp3) is 0.667. The molecule has 1 saturated heterocycles. The van der Waals surface area contributed by atoms with Crippen molar-refractivity contribution < 1.29 is 9.53 Å². The van der Waals surface area contributed by atoms with Gasteiger partial charge in [-0.3, -0.25) is 9.69 Å². The smallest absolute Gasteiger partial charge is 0.252 e. The number of fused-ring (bicyclic) bond motifs is 1. The number of rotatable bonds is 6. The van der Waals surface area contributed by atoms with Crippen molar-refractivity contribution in [3.05, 3.63) is 23.5 Å². The zero-order chi connectivity index (χ0) is 19.9. The molecule has 28 heavy (non-hydrogen) atoms. The summed E-state index contributed by atoms with van der Waals surface area (Å²) in [5.74, 6) is 0.440. The lowest BCUT2D eigenvalue weighted by Gasteiger charge is -2.40. The summed E-state index contributed by atoms with van der Waals surface area (Å²) in [5, 5.41) is 8.49. The van der Waals surface area contributed by atoms with Crippen molar-refractivity contribution in [2.24, 2.45) is 0 Å². The number of hydrogen-bond acceptors (Lipinski definition) is 5. The van der Waals surface area contributed by atoms with Crippen LogP contribution >= 0.6 is 0 Å². The number of nitrogens with one attached hydrogen (secondary N) is 1. The van der Waals surface area contributed by atoms with Crippen molar-refractivity contribution in [2.75, 3.05) is 32.8 Å². The molecule has 1 amide bonds. The normalized spacial score (nSPS) is 18.8. The fourth-order valence-corrected chi connectivity index (χ4v) is 3.86. The van der Waals surface area contributed by atoms with Crippen LogP contribution in [0.15, 0.2) is 12.3 Å². The van der Waals surface area contributed by atoms with E-state index in [0.717, 1.165) is 55.9 Å². The third-order valence-electron chi connectivity index (χ3n) is 5.86. The molecule has 7 heteroatoms. The first-order valence-corrected chi connectivity index (χ1v) is 10.4. The first-order chi connectivity index (χ1) is 13.4. The van der Waals surface area contributed by atoms with Crippen LogP contribution in [0.4, 0.5) is 0 Å². The molecule has 4 rings (SSSR count). The summed E-state index contributed by atoms with van der Waals surface area (Å²) >= 11 is 0. The minimum absolute atomic E-state index is 0.0426. The van der Waals surface area contributed by atoms with Gasteiger partial charge < -0.3 is 10.1 Å². The van der Waals surface area contributed by atoms with Gasteiger partial charge in [0.15, 0.2) is 5.65 Å². The quantitative estimate of drug-likeness (QED) is 0.828. The van der Waals surface area contributed by atoms with Crippen LogP contribution in [0.2, 0.25) is 0 Å². The molecule has 0 spiro atoms. The largest absolute Gasteiger partial charge is 0.379 e. The number of nitrogens with zero attached hydrogens (tertiary/aromatic N) is 4. The molecule has 2 aromatic heterocycles. The number of carbonyl (C=O) groups excluding carboxylic acids is 1. The van der Waals surface area contributed by atoms with E-state index in [9.17, 15) is 4.79 Å². The van der Waals surface area contributed by atoms with Crippen molar-refractivity contribution >= 4 is 16.9 Å². The van der Waals surface area contributed by atoms with Crippen LogP contribution in [-0.2, 0) is 4.74 Å². The van der Waals surface area contributed by atoms with E-state index in [1.165, 1.54) is 0 Å². The van der Waals surface area contributed by atoms with Crippen LogP contribution in [-0.4, -0.2) is 64.0 Å². The van der Waals surface area contributed by atoms with Crippen molar-refractivity contribution in [1.82, 2.24) is 25.0 Å². The average Bonchev–Trinajstić information content (AvgIpc) is 3.45. The molecule has 1 saturated carbocycles. The molecule has 2 fully saturated rings. The summed E-state index contributed by atoms with van der Waals surface area (Å²) in [6.07, 6.45) is 4.08. The molecule has 2 aliphatic rings. The van der Waals surface area contributed by atoms with Crippen LogP contribution < -0.4 is 5.32 Å². The maximum Gasteiger partial charge on any atom is 0.252 e. The highest BCUT2D eigenvalue weighted by Gasteiger charge is 2.31. The Labute approximate surface area is 166 Å². The van der Waals surface area contributed by atoms with Gasteiger partial charge in [-0.05, 0) is 46.6 Å². The topological polar surface area (TPSA) is 72.3 Å². The molecule has 2 aromatic rings. The summed E-state index contributed by atoms with van der Waals surface area (Å²) in [6.45, 7) is 12.4. The van der Waals surface area contributed by atoms with Crippen LogP contribution in [0.3, 0.4) is 0 Å². The fourth-order valence-electron chi connectivity index (χ4n) is 3.86. The van der Waals surface area contributed by atoms with Gasteiger partial charge in [0.05, 0.1) is 30.4 Å². The molecule has 1 aliphatic carbocycles. The van der Waals surface area contributed by atoms with Crippen molar-refractivity contribution in [2.45, 2.75) is 58.0 Å². The van der Waals surface area contributed by atoms with Gasteiger partial charge in [0.1, 0.15) is 0 Å². The van der Waals surface area contributed by atoms with Crippen LogP contribution in [0.25, 0.3) is 11.0 Å². The maximum absolute atomic E-state index is 13.1. The molecular weight excluding hydrogens is 354 g/mol. The molecule has 3 heterocycles. The molecule has 7 nitrogen and oxygen atoms in total. The summed E-state index contributed by atoms with van der Waals surface area (Å²) in [5.41, 5.74) is 2.41. The van der Waals surface area contributed by atoms with Crippen LogP contribution in [0.1, 0.15) is 68.5 Å². The zero-order valence-corrected chi connectivity index (χ0v) is 17.4. The summed E-state index contributed by atoms with van der Waals surface area (Å²) in [6, 6.07) is 2.18. The SMILES string of the molecule is CC(C)n1ncc2c(C(=O)NCC(C)(C)N3CCOCC3)cc(C3CC3)nc21. The van der Waals surface area contributed by atoms with Crippen LogP contribution in [0, 0.1) is 0 Å². The van der Waals surface area contributed by atoms with Gasteiger partial charge in [0.25, 0.3) is 5.91 Å². The second-order valence-electron chi connectivity index (χ2n) is 8.88. The molecule has 0 radical (unpaired) electrons. The first-order valence-electron chi connectivity index (χ1n) is 10.4. The Hall–Kier alpha value is -1.99. The predicted octanol–water partition coefficient (Wildman–Crippen LogP) is 2.73. The Bertz CT molecular complexity index is 863. The van der Waals surface area contributed by atoms with Gasteiger partial charge in [-0.1, -0.05) is 0 Å². The highest BCUT2D eigenvalue weighted by molar-refractivity contribution is 6.05. The van der Waals surface area contributed by atoms with Gasteiger partial charge >= 0.3 is 0 Å². The molecule has 1 aliphatic heterocycles. The predicted molar refractivity (Wildman–Crippen MR) is 109 cm³/mol. The molecule has 0 aromatic carbocycles. The maximum atomic E-state index is 13.1. The van der Waals surface area contributed by atoms with E-state index in [-0.39, 0.29) is 17.5 Å². The first kappa shape index (κ1) is 19.3. The second kappa shape index (κ2) is 7.44. The highest BCUT2D eigenvalue weighted by atomic mass is 16.5. The number of amides is 1. The Morgan fingerprint density at radius 3 is 2.68 bits per heavy atom. The standard InChI is InChI=1S/C21H31N5O2/c1-14(2)26-19-17(12-23-26)16(11-18(24-19)15-5-6-15)20(27)22-13-21(3,4)25-7-9-28-10-8-25/h11-12,14-15H,5-10,13H2,1-4H3,(H,22,27). The lowest BCUT2D eigenvalue weighted by atomic mass is 10.0. The highest BCUT2D eigenvalue weighted by Crippen LogP contribution is 2.40. The van der Waals surface area contributed by atoms with E-state index >= 15 is 0 Å². The lowest BCUT2D eigenvalue weighted by molar-refractivity contribution is -0.00922. The van der Waals surface area contributed by atoms with Gasteiger partial charge in [-0.15, -0.1) is 0 Å². The van der Waals surface area contributed by atoms with E-state index in [1.54, 1.807) is 6.20 Å². The van der Waals surface area contributed by atoms with Gasteiger partial charge in [0, 0.05) is 42.8 Å². The van der Waals surface area contributed by atoms with Crippen molar-refractivity contribution in [1.29, 1.82) is 0 Å². The Morgan fingerprint density at radius 1 is 1.32 bits per heavy atom. The number of pyridine rings is 1. The van der Waals surface area contributed by atoms with Gasteiger partial charge in [-0.25, -0.2) is 9.67 Å². The number of ether oxygens (including phenoxy) is 1. The molecule has 152 valence electrons. The minimum atomic E-state index is -0.118. The average molecular weight is 386 g/mol. The Kier molecular flexibility index (Phi) is 5.14. The molecule has 0 bridgehead atoms. The van der Waals surface area contributed by atoms with Gasteiger partial charge in [-0.2, -0.15) is 5.10 Å². The van der Waals surface area contributed by atoms with Crippen LogP contribution in [0.5, 0.6) is 0 Å². The van der Waals surface area contributed by atoms with E-state index in [1.807, 2.05) is 10.7 Å². The van der Waals surface area contributed by atoms with Crippen molar-refractivity contribution in [3.63, 3.8) is 0 Å². The Balaban J connectivity index is 1.58. The molecular formula is C21H31N5O2. The van der Waals surface area contributed by atoms with Crippen molar-refractivity contribution in [3.8, 4) is 0 Å². The zero-order valence-electron chi connectivity index (χ0n) is 17.4. The number of morpholine rings is 1. The van der Waals surface area contributed by atoms with E-state index < -0.39 is 0 Å². The summed E-state index contributed by atoms with van der Waals surface area (Å²) in [4.78, 5) is 20.4. The van der Waals surface area contributed by atoms with E-state index in [0.29, 0.717) is 18.0 Å². The third-order valence-corrected chi connectivity index (χ3v) is 5.86. The van der Waals surface area contributed by atoms with Gasteiger partial charge in [0.2, 0.25) is 0 Å². The molecule has 0 atom stereocenters. The monoisotopic (exact) mass is 385 g/mol. The minimum Gasteiger partial charge on any atom is -0.379 e. The number of aromatic nitrogens is 3.